The normalized spacial score (nSPS) is 11.4. The van der Waals surface area contributed by atoms with Crippen molar-refractivity contribution in [1.29, 1.82) is 0 Å². The zero-order valence-electron chi connectivity index (χ0n) is 24.9. The van der Waals surface area contributed by atoms with Gasteiger partial charge in [0.15, 0.2) is 0 Å². The molecule has 1 aromatic carbocycles. The highest BCUT2D eigenvalue weighted by atomic mass is 15.1. The van der Waals surface area contributed by atoms with Crippen molar-refractivity contribution in [2.24, 2.45) is 0 Å². The summed E-state index contributed by atoms with van der Waals surface area (Å²) in [7, 11) is 0. The average molecular weight is 510 g/mol. The molecule has 37 heavy (non-hydrogen) atoms. The molecule has 0 aliphatic rings. The van der Waals surface area contributed by atoms with Crippen molar-refractivity contribution in [3.63, 3.8) is 0 Å². The molecule has 210 valence electrons. The van der Waals surface area contributed by atoms with Gasteiger partial charge in [-0.3, -0.25) is 0 Å². The maximum absolute atomic E-state index is 2.59. The molecule has 1 heterocycles. The van der Waals surface area contributed by atoms with Gasteiger partial charge in [0.25, 0.3) is 5.82 Å². The summed E-state index contributed by atoms with van der Waals surface area (Å²) in [5.74, 6) is 1.57. The van der Waals surface area contributed by atoms with Gasteiger partial charge in [-0.2, -0.15) is 0 Å². The maximum Gasteiger partial charge on any atom is 0.256 e. The van der Waals surface area contributed by atoms with Gasteiger partial charge in [-0.1, -0.05) is 147 Å². The first kappa shape index (κ1) is 31.6. The number of aromatic nitrogens is 2. The van der Waals surface area contributed by atoms with Crippen molar-refractivity contribution in [3.8, 4) is 0 Å². The summed E-state index contributed by atoms with van der Waals surface area (Å²) >= 11 is 0. The number of unbranched alkanes of at least 4 members (excludes halogenated alkanes) is 17. The second kappa shape index (κ2) is 22.4. The van der Waals surface area contributed by atoms with Gasteiger partial charge in [-0.25, -0.2) is 9.13 Å². The molecule has 2 nitrogen and oxygen atoms in total. The van der Waals surface area contributed by atoms with Crippen LogP contribution in [0.15, 0.2) is 42.7 Å². The summed E-state index contributed by atoms with van der Waals surface area (Å²) in [5.41, 5.74) is 1.47. The van der Waals surface area contributed by atoms with Crippen molar-refractivity contribution in [2.45, 2.75) is 168 Å². The Kier molecular flexibility index (Phi) is 19.2. The number of hydrogen-bond donors (Lipinski definition) is 0. The van der Waals surface area contributed by atoms with Gasteiger partial charge >= 0.3 is 0 Å². The van der Waals surface area contributed by atoms with E-state index in [9.17, 15) is 0 Å². The van der Waals surface area contributed by atoms with Crippen LogP contribution in [0.3, 0.4) is 0 Å². The smallest absolute Gasteiger partial charge is 0.234 e. The second-order valence-electron chi connectivity index (χ2n) is 11.5. The molecule has 0 fully saturated rings. The van der Waals surface area contributed by atoms with E-state index in [1.165, 1.54) is 153 Å². The maximum atomic E-state index is 2.59. The van der Waals surface area contributed by atoms with E-state index < -0.39 is 0 Å². The summed E-state index contributed by atoms with van der Waals surface area (Å²) in [6, 6.07) is 11.0. The molecule has 0 radical (unpaired) electrons. The third kappa shape index (κ3) is 15.4. The van der Waals surface area contributed by atoms with Crippen LogP contribution in [0.25, 0.3) is 0 Å². The van der Waals surface area contributed by atoms with Crippen LogP contribution in [0.1, 0.15) is 154 Å². The molecular formula is C35H61N2+. The third-order valence-electron chi connectivity index (χ3n) is 8.05. The van der Waals surface area contributed by atoms with Crippen LogP contribution in [0, 0.1) is 0 Å². The highest BCUT2D eigenvalue weighted by Crippen LogP contribution is 2.14. The molecule has 0 bridgehead atoms. The number of aryl methyl sites for hydroxylation is 3. The van der Waals surface area contributed by atoms with Crippen molar-refractivity contribution in [3.05, 3.63) is 54.1 Å². The van der Waals surface area contributed by atoms with Gasteiger partial charge in [-0.15, -0.1) is 0 Å². The van der Waals surface area contributed by atoms with Gasteiger partial charge in [0.2, 0.25) is 0 Å². The SMILES string of the molecule is CCCCCCCCCCCCCCn1cc[n+](CCCc2ccccc2)c1CCCCCCCCC. The minimum atomic E-state index is 1.15. The van der Waals surface area contributed by atoms with Crippen LogP contribution < -0.4 is 4.57 Å². The highest BCUT2D eigenvalue weighted by molar-refractivity contribution is 5.14. The average Bonchev–Trinajstić information content (AvgIpc) is 3.30. The van der Waals surface area contributed by atoms with E-state index >= 15 is 0 Å². The van der Waals surface area contributed by atoms with E-state index in [1.54, 1.807) is 5.82 Å². The Bertz CT molecular complexity index is 748. The summed E-state index contributed by atoms with van der Waals surface area (Å²) < 4.78 is 5.16. The molecule has 0 unspecified atom stereocenters. The molecular weight excluding hydrogens is 448 g/mol. The van der Waals surface area contributed by atoms with Gasteiger partial charge in [0.1, 0.15) is 12.4 Å². The van der Waals surface area contributed by atoms with Gasteiger partial charge < -0.3 is 0 Å². The highest BCUT2D eigenvalue weighted by Gasteiger charge is 2.16. The van der Waals surface area contributed by atoms with Crippen molar-refractivity contribution in [2.75, 3.05) is 0 Å². The predicted octanol–water partition coefficient (Wildman–Crippen LogP) is 10.4. The Hall–Kier alpha value is -1.57. The molecule has 2 rings (SSSR count). The van der Waals surface area contributed by atoms with Crippen LogP contribution in [0.5, 0.6) is 0 Å². The minimum Gasteiger partial charge on any atom is -0.234 e. The van der Waals surface area contributed by atoms with Gasteiger partial charge in [0, 0.05) is 6.42 Å². The summed E-state index contributed by atoms with van der Waals surface area (Å²) in [6.07, 6.45) is 35.2. The lowest BCUT2D eigenvalue weighted by Crippen LogP contribution is -2.37. The molecule has 0 saturated carbocycles. The Morgan fingerprint density at radius 2 is 1.05 bits per heavy atom. The summed E-state index contributed by atoms with van der Waals surface area (Å²) in [5, 5.41) is 0. The lowest BCUT2D eigenvalue weighted by Gasteiger charge is -2.07. The van der Waals surface area contributed by atoms with E-state index in [-0.39, 0.29) is 0 Å². The quantitative estimate of drug-likeness (QED) is 0.0929. The second-order valence-corrected chi connectivity index (χ2v) is 11.5. The first-order valence-electron chi connectivity index (χ1n) is 16.5. The van der Waals surface area contributed by atoms with Crippen LogP contribution >= 0.6 is 0 Å². The molecule has 0 spiro atoms. The molecule has 1 aromatic heterocycles. The predicted molar refractivity (Wildman–Crippen MR) is 162 cm³/mol. The largest absolute Gasteiger partial charge is 0.256 e. The molecule has 0 atom stereocenters. The van der Waals surface area contributed by atoms with Crippen LogP contribution in [0.4, 0.5) is 0 Å². The fourth-order valence-electron chi connectivity index (χ4n) is 5.65. The number of rotatable bonds is 25. The van der Waals surface area contributed by atoms with E-state index in [1.807, 2.05) is 0 Å². The monoisotopic (exact) mass is 509 g/mol. The Balaban J connectivity index is 1.68. The Morgan fingerprint density at radius 1 is 0.541 bits per heavy atom. The van der Waals surface area contributed by atoms with Crippen molar-refractivity contribution < 1.29 is 4.57 Å². The molecule has 0 N–H and O–H groups in total. The fourth-order valence-corrected chi connectivity index (χ4v) is 5.65. The first-order chi connectivity index (χ1) is 18.3. The molecule has 2 aromatic rings. The number of benzene rings is 1. The molecule has 0 amide bonds. The number of imidazole rings is 1. The number of nitrogens with zero attached hydrogens (tertiary/aromatic N) is 2. The molecule has 0 saturated heterocycles. The lowest BCUT2D eigenvalue weighted by molar-refractivity contribution is -0.704. The fraction of sp³-hybridized carbons (Fsp3) is 0.743. The first-order valence-corrected chi connectivity index (χ1v) is 16.5. The lowest BCUT2D eigenvalue weighted by atomic mass is 10.1. The minimum absolute atomic E-state index is 1.15. The van der Waals surface area contributed by atoms with E-state index in [0.717, 1.165) is 6.54 Å². The molecule has 2 heteroatoms. The third-order valence-corrected chi connectivity index (χ3v) is 8.05. The van der Waals surface area contributed by atoms with Crippen LogP contribution in [-0.4, -0.2) is 4.57 Å². The standard InChI is InChI=1S/C35H61N2/c1-3-5-7-9-11-12-13-14-15-17-19-24-30-36-32-33-37(31-25-28-34-26-21-20-22-27-34)35(36)29-23-18-16-10-8-6-4-2/h20-22,26-27,32-33H,3-19,23-25,28-31H2,1-2H3/q+1. The summed E-state index contributed by atoms with van der Waals surface area (Å²) in [6.45, 7) is 6.96. The van der Waals surface area contributed by atoms with Gasteiger partial charge in [0.05, 0.1) is 13.1 Å². The zero-order valence-corrected chi connectivity index (χ0v) is 24.9. The summed E-state index contributed by atoms with van der Waals surface area (Å²) in [4.78, 5) is 0. The molecule has 0 aliphatic heterocycles. The molecule has 0 aliphatic carbocycles. The Labute approximate surface area is 231 Å². The number of hydrogen-bond acceptors (Lipinski definition) is 0. The van der Waals surface area contributed by atoms with Crippen molar-refractivity contribution in [1.82, 2.24) is 4.57 Å². The van der Waals surface area contributed by atoms with Crippen LogP contribution in [0.2, 0.25) is 0 Å². The van der Waals surface area contributed by atoms with Crippen molar-refractivity contribution >= 4 is 0 Å². The van der Waals surface area contributed by atoms with Gasteiger partial charge in [-0.05, 0) is 37.7 Å². The van der Waals surface area contributed by atoms with E-state index in [0.29, 0.717) is 0 Å². The van der Waals surface area contributed by atoms with Crippen LogP contribution in [-0.2, 0) is 25.9 Å². The Morgan fingerprint density at radius 3 is 1.62 bits per heavy atom. The zero-order chi connectivity index (χ0) is 26.2. The van der Waals surface area contributed by atoms with E-state index in [2.05, 4.69) is 65.7 Å². The van der Waals surface area contributed by atoms with E-state index in [4.69, 9.17) is 0 Å². The topological polar surface area (TPSA) is 8.81 Å².